The second-order valence-electron chi connectivity index (χ2n) is 5.19. The molecule has 1 heterocycles. The number of sulfonamides is 1. The van der Waals surface area contributed by atoms with Gasteiger partial charge in [-0.2, -0.15) is 0 Å². The first-order chi connectivity index (χ1) is 9.02. The highest BCUT2D eigenvalue weighted by atomic mass is 32.2. The fraction of sp³-hybridized carbons (Fsp3) is 0.583. The van der Waals surface area contributed by atoms with Crippen LogP contribution in [0.2, 0.25) is 0 Å². The summed E-state index contributed by atoms with van der Waals surface area (Å²) >= 11 is 0. The Bertz CT molecular complexity index is 614. The first kappa shape index (κ1) is 16.7. The number of rotatable bonds is 6. The minimum Gasteiger partial charge on any atom is -0.478 e. The maximum atomic E-state index is 12.4. The Kier molecular flexibility index (Phi) is 4.62. The zero-order valence-electron chi connectivity index (χ0n) is 11.8. The highest BCUT2D eigenvalue weighted by Gasteiger charge is 2.34. The van der Waals surface area contributed by atoms with Crippen LogP contribution in [0.3, 0.4) is 0 Å². The van der Waals surface area contributed by atoms with Gasteiger partial charge in [0.2, 0.25) is 10.0 Å². The molecular formula is C12H19NO6S. The van der Waals surface area contributed by atoms with Crippen molar-refractivity contribution in [2.75, 3.05) is 6.61 Å². The molecular weight excluding hydrogens is 286 g/mol. The molecule has 0 radical (unpaired) electrons. The van der Waals surface area contributed by atoms with Gasteiger partial charge in [-0.3, -0.25) is 0 Å². The Morgan fingerprint density at radius 1 is 1.30 bits per heavy atom. The Labute approximate surface area is 117 Å². The van der Waals surface area contributed by atoms with Crippen molar-refractivity contribution in [1.82, 2.24) is 4.72 Å². The molecule has 0 saturated carbocycles. The van der Waals surface area contributed by atoms with Crippen molar-refractivity contribution in [1.29, 1.82) is 0 Å². The van der Waals surface area contributed by atoms with Crippen molar-refractivity contribution in [3.05, 3.63) is 17.1 Å². The minimum absolute atomic E-state index is 0.0206. The van der Waals surface area contributed by atoms with Gasteiger partial charge < -0.3 is 14.6 Å². The number of carboxylic acids is 1. The maximum absolute atomic E-state index is 12.4. The lowest BCUT2D eigenvalue weighted by molar-refractivity contribution is 0.0691. The second kappa shape index (κ2) is 5.55. The lowest BCUT2D eigenvalue weighted by Crippen LogP contribution is -2.44. The molecule has 0 amide bonds. The van der Waals surface area contributed by atoms with Crippen LogP contribution < -0.4 is 4.72 Å². The van der Waals surface area contributed by atoms with Crippen molar-refractivity contribution in [3.63, 3.8) is 0 Å². The van der Waals surface area contributed by atoms with Crippen LogP contribution >= 0.6 is 0 Å². The zero-order chi connectivity index (χ0) is 15.7. The number of hydrogen-bond acceptors (Lipinski definition) is 5. The fourth-order valence-electron chi connectivity index (χ4n) is 1.98. The number of furan rings is 1. The third-order valence-corrected chi connectivity index (χ3v) is 4.69. The van der Waals surface area contributed by atoms with Gasteiger partial charge >= 0.3 is 5.97 Å². The molecule has 0 aliphatic rings. The van der Waals surface area contributed by atoms with E-state index in [9.17, 15) is 13.2 Å². The molecule has 1 rings (SSSR count). The first-order valence-electron chi connectivity index (χ1n) is 6.00. The molecule has 1 aromatic heterocycles. The molecule has 3 N–H and O–H groups in total. The molecule has 8 heteroatoms. The third-order valence-electron chi connectivity index (χ3n) is 2.84. The quantitative estimate of drug-likeness (QED) is 0.722. The van der Waals surface area contributed by atoms with Crippen molar-refractivity contribution in [2.24, 2.45) is 0 Å². The first-order valence-corrected chi connectivity index (χ1v) is 7.48. The Balaban J connectivity index is 3.34. The zero-order valence-corrected chi connectivity index (χ0v) is 12.7. The monoisotopic (exact) mass is 305 g/mol. The number of aryl methyl sites for hydroxylation is 2. The lowest BCUT2D eigenvalue weighted by Gasteiger charge is -2.24. The summed E-state index contributed by atoms with van der Waals surface area (Å²) < 4.78 is 32.2. The predicted octanol–water partition coefficient (Wildman–Crippen LogP) is 1.03. The van der Waals surface area contributed by atoms with E-state index < -0.39 is 21.5 Å². The largest absolute Gasteiger partial charge is 0.478 e. The number of nitrogens with one attached hydrogen (secondary N) is 1. The van der Waals surface area contributed by atoms with Gasteiger partial charge in [-0.15, -0.1) is 0 Å². The fourth-order valence-corrected chi connectivity index (χ4v) is 3.83. The average Bonchev–Trinajstić information content (AvgIpc) is 2.51. The lowest BCUT2D eigenvalue weighted by atomic mass is 10.0. The summed E-state index contributed by atoms with van der Waals surface area (Å²) in [4.78, 5) is 10.8. The van der Waals surface area contributed by atoms with E-state index in [-0.39, 0.29) is 35.0 Å². The van der Waals surface area contributed by atoms with E-state index in [0.29, 0.717) is 0 Å². The molecule has 0 bridgehead atoms. The number of carboxylic acid groups (broad SMARTS) is 1. The molecule has 0 saturated heterocycles. The maximum Gasteiger partial charge on any atom is 0.340 e. The van der Waals surface area contributed by atoms with Gasteiger partial charge in [0.15, 0.2) is 0 Å². The van der Waals surface area contributed by atoms with Crippen LogP contribution in [-0.2, 0) is 10.0 Å². The number of hydrogen-bond donors (Lipinski definition) is 3. The van der Waals surface area contributed by atoms with Gasteiger partial charge in [0.25, 0.3) is 0 Å². The SMILES string of the molecule is Cc1oc(C)c(S(=O)(=O)NC(C)(C)CCO)c1C(=O)O. The van der Waals surface area contributed by atoms with Crippen LogP contribution in [0.4, 0.5) is 0 Å². The minimum atomic E-state index is -4.06. The van der Waals surface area contributed by atoms with Gasteiger partial charge in [-0.05, 0) is 34.1 Å². The standard InChI is InChI=1S/C12H19NO6S/c1-7-9(11(15)16)10(8(2)19-7)20(17,18)13-12(3,4)5-6-14/h13-14H,5-6H2,1-4H3,(H,15,16). The number of aromatic carboxylic acids is 1. The van der Waals surface area contributed by atoms with Crippen LogP contribution in [0.25, 0.3) is 0 Å². The van der Waals surface area contributed by atoms with Crippen molar-refractivity contribution in [2.45, 2.75) is 44.6 Å². The number of aliphatic hydroxyl groups excluding tert-OH is 1. The molecule has 0 fully saturated rings. The smallest absolute Gasteiger partial charge is 0.340 e. The average molecular weight is 305 g/mol. The third kappa shape index (κ3) is 3.38. The summed E-state index contributed by atoms with van der Waals surface area (Å²) in [6.45, 7) is 5.80. The molecule has 114 valence electrons. The van der Waals surface area contributed by atoms with E-state index in [2.05, 4.69) is 4.72 Å². The molecule has 7 nitrogen and oxygen atoms in total. The highest BCUT2D eigenvalue weighted by molar-refractivity contribution is 7.89. The van der Waals surface area contributed by atoms with Gasteiger partial charge in [0, 0.05) is 12.1 Å². The van der Waals surface area contributed by atoms with Crippen LogP contribution in [0.1, 0.15) is 42.1 Å². The summed E-state index contributed by atoms with van der Waals surface area (Å²) in [5.41, 5.74) is -1.27. The van der Waals surface area contributed by atoms with Crippen LogP contribution in [-0.4, -0.2) is 36.7 Å². The number of carbonyl (C=O) groups is 1. The molecule has 0 aromatic carbocycles. The summed E-state index contributed by atoms with van der Waals surface area (Å²) in [6, 6.07) is 0. The Hall–Kier alpha value is -1.38. The van der Waals surface area contributed by atoms with E-state index in [1.54, 1.807) is 13.8 Å². The van der Waals surface area contributed by atoms with E-state index in [1.807, 2.05) is 0 Å². The summed E-state index contributed by atoms with van der Waals surface area (Å²) in [5, 5.41) is 18.1. The van der Waals surface area contributed by atoms with Gasteiger partial charge in [-0.1, -0.05) is 0 Å². The Morgan fingerprint density at radius 2 is 1.85 bits per heavy atom. The van der Waals surface area contributed by atoms with Crippen LogP contribution in [0.5, 0.6) is 0 Å². The van der Waals surface area contributed by atoms with E-state index in [1.165, 1.54) is 13.8 Å². The highest BCUT2D eigenvalue weighted by Crippen LogP contribution is 2.27. The van der Waals surface area contributed by atoms with Gasteiger partial charge in [0.05, 0.1) is 0 Å². The van der Waals surface area contributed by atoms with E-state index >= 15 is 0 Å². The van der Waals surface area contributed by atoms with Crippen LogP contribution in [0.15, 0.2) is 9.31 Å². The van der Waals surface area contributed by atoms with Gasteiger partial charge in [0.1, 0.15) is 22.0 Å². The van der Waals surface area contributed by atoms with E-state index in [0.717, 1.165) is 0 Å². The predicted molar refractivity (Wildman–Crippen MR) is 71.2 cm³/mol. The molecule has 0 spiro atoms. The number of aliphatic hydroxyl groups is 1. The molecule has 0 unspecified atom stereocenters. The molecule has 0 aliphatic carbocycles. The van der Waals surface area contributed by atoms with Gasteiger partial charge in [-0.25, -0.2) is 17.9 Å². The summed E-state index contributed by atoms with van der Waals surface area (Å²) in [7, 11) is -4.06. The van der Waals surface area contributed by atoms with Crippen molar-refractivity contribution >= 4 is 16.0 Å². The van der Waals surface area contributed by atoms with Crippen LogP contribution in [0, 0.1) is 13.8 Å². The molecule has 0 atom stereocenters. The summed E-state index contributed by atoms with van der Waals surface area (Å²) in [5.74, 6) is -1.30. The van der Waals surface area contributed by atoms with Crippen molar-refractivity contribution in [3.8, 4) is 0 Å². The normalized spacial score (nSPS) is 12.7. The van der Waals surface area contributed by atoms with E-state index in [4.69, 9.17) is 14.6 Å². The Morgan fingerprint density at radius 3 is 2.30 bits per heavy atom. The molecule has 0 aliphatic heterocycles. The topological polar surface area (TPSA) is 117 Å². The van der Waals surface area contributed by atoms with Crippen molar-refractivity contribution < 1.29 is 27.8 Å². The molecule has 20 heavy (non-hydrogen) atoms. The summed E-state index contributed by atoms with van der Waals surface area (Å²) in [6.07, 6.45) is 0.199. The molecule has 1 aromatic rings. The second-order valence-corrected chi connectivity index (χ2v) is 6.81.